The topological polar surface area (TPSA) is 71.4 Å². The molecule has 4 rings (SSSR count). The predicted molar refractivity (Wildman–Crippen MR) is 137 cm³/mol. The summed E-state index contributed by atoms with van der Waals surface area (Å²) in [6, 6.07) is 15.7. The van der Waals surface area contributed by atoms with E-state index in [1.54, 1.807) is 6.08 Å². The van der Waals surface area contributed by atoms with Crippen LogP contribution in [0.2, 0.25) is 0 Å². The van der Waals surface area contributed by atoms with Crippen LogP contribution in [0.5, 0.6) is 0 Å². The largest absolute Gasteiger partial charge is 0.324 e. The smallest absolute Gasteiger partial charge is 0.294 e. The average Bonchev–Trinajstić information content (AvgIpc) is 3.23. The van der Waals surface area contributed by atoms with Gasteiger partial charge in [-0.05, 0) is 85.1 Å². The van der Waals surface area contributed by atoms with Crippen molar-refractivity contribution >= 4 is 40.6 Å². The Kier molecular flexibility index (Phi) is 6.93. The van der Waals surface area contributed by atoms with Crippen LogP contribution in [0.4, 0.5) is 14.9 Å². The lowest BCUT2D eigenvalue weighted by molar-refractivity contribution is -0.127. The molecule has 1 aromatic heterocycles. The zero-order chi connectivity index (χ0) is 25.3. The first kappa shape index (κ1) is 24.5. The summed E-state index contributed by atoms with van der Waals surface area (Å²) >= 11 is 0.801. The minimum Gasteiger partial charge on any atom is -0.324 e. The van der Waals surface area contributed by atoms with Gasteiger partial charge in [0.15, 0.2) is 0 Å². The number of hydrogen-bond donors (Lipinski definition) is 1. The number of imide groups is 1. The van der Waals surface area contributed by atoms with E-state index in [1.807, 2.05) is 19.9 Å². The predicted octanol–water partition coefficient (Wildman–Crippen LogP) is 6.03. The number of carbonyl (C=O) groups is 3. The molecule has 0 radical (unpaired) electrons. The summed E-state index contributed by atoms with van der Waals surface area (Å²) in [7, 11) is 0. The molecule has 35 heavy (non-hydrogen) atoms. The first-order chi connectivity index (χ1) is 16.6. The SMILES string of the molecule is Cc1cc(/C=C2/SC(=O)N(CC(=O)Nc3cccc(F)c3)C2=O)c(C)n1-c1ccc(C(C)C)cc1. The van der Waals surface area contributed by atoms with Crippen molar-refractivity contribution < 1.29 is 18.8 Å². The van der Waals surface area contributed by atoms with Crippen molar-refractivity contribution in [3.8, 4) is 5.69 Å². The van der Waals surface area contributed by atoms with Gasteiger partial charge in [0, 0.05) is 22.8 Å². The molecule has 3 amide bonds. The van der Waals surface area contributed by atoms with Crippen molar-refractivity contribution in [1.29, 1.82) is 0 Å². The Morgan fingerprint density at radius 3 is 2.46 bits per heavy atom. The van der Waals surface area contributed by atoms with Gasteiger partial charge in [0.2, 0.25) is 5.91 Å². The number of aryl methyl sites for hydroxylation is 1. The van der Waals surface area contributed by atoms with Gasteiger partial charge in [-0.15, -0.1) is 0 Å². The molecule has 8 heteroatoms. The molecule has 2 heterocycles. The van der Waals surface area contributed by atoms with Crippen LogP contribution in [0.3, 0.4) is 0 Å². The number of hydrogen-bond acceptors (Lipinski definition) is 4. The molecule has 0 aliphatic carbocycles. The van der Waals surface area contributed by atoms with E-state index < -0.39 is 29.4 Å². The number of carbonyl (C=O) groups excluding carboxylic acids is 3. The number of thioether (sulfide) groups is 1. The summed E-state index contributed by atoms with van der Waals surface area (Å²) in [6.07, 6.45) is 1.69. The summed E-state index contributed by atoms with van der Waals surface area (Å²) in [5.74, 6) is -1.16. The minimum absolute atomic E-state index is 0.254. The second-order valence-corrected chi connectivity index (χ2v) is 9.73. The molecule has 180 valence electrons. The number of amides is 3. The van der Waals surface area contributed by atoms with E-state index in [2.05, 4.69) is 48.0 Å². The molecule has 1 aliphatic rings. The zero-order valence-electron chi connectivity index (χ0n) is 20.0. The van der Waals surface area contributed by atoms with Crippen LogP contribution >= 0.6 is 11.8 Å². The molecule has 1 aliphatic heterocycles. The molecule has 3 aromatic rings. The number of nitrogens with one attached hydrogen (secondary N) is 1. The fourth-order valence-electron chi connectivity index (χ4n) is 4.03. The Bertz CT molecular complexity index is 1340. The van der Waals surface area contributed by atoms with Gasteiger partial charge < -0.3 is 9.88 Å². The third-order valence-corrected chi connectivity index (χ3v) is 6.77. The van der Waals surface area contributed by atoms with E-state index in [0.29, 0.717) is 5.92 Å². The van der Waals surface area contributed by atoms with Crippen molar-refractivity contribution in [3.05, 3.63) is 87.8 Å². The lowest BCUT2D eigenvalue weighted by Gasteiger charge is -2.12. The highest BCUT2D eigenvalue weighted by Gasteiger charge is 2.36. The molecule has 1 fully saturated rings. The van der Waals surface area contributed by atoms with Gasteiger partial charge in [0.05, 0.1) is 4.91 Å². The van der Waals surface area contributed by atoms with Crippen molar-refractivity contribution in [2.45, 2.75) is 33.6 Å². The van der Waals surface area contributed by atoms with Gasteiger partial charge in [0.25, 0.3) is 11.1 Å². The molecular formula is C27H26FN3O3S. The fraction of sp³-hybridized carbons (Fsp3) is 0.222. The summed E-state index contributed by atoms with van der Waals surface area (Å²) in [6.45, 7) is 7.81. The van der Waals surface area contributed by atoms with Crippen molar-refractivity contribution in [2.75, 3.05) is 11.9 Å². The standard InChI is InChI=1S/C27H26FN3O3S/c1-16(2)19-8-10-23(11-9-19)31-17(3)12-20(18(31)4)13-24-26(33)30(27(34)35-24)15-25(32)29-22-7-5-6-21(28)14-22/h5-14,16H,15H2,1-4H3,(H,29,32)/b24-13+. The number of rotatable bonds is 6. The third kappa shape index (κ3) is 5.22. The van der Waals surface area contributed by atoms with Crippen LogP contribution in [0.25, 0.3) is 11.8 Å². The van der Waals surface area contributed by atoms with Gasteiger partial charge in [-0.25, -0.2) is 4.39 Å². The summed E-state index contributed by atoms with van der Waals surface area (Å²) in [5.41, 5.74) is 5.30. The number of nitrogens with zero attached hydrogens (tertiary/aromatic N) is 2. The van der Waals surface area contributed by atoms with E-state index in [0.717, 1.165) is 45.4 Å². The van der Waals surface area contributed by atoms with E-state index in [-0.39, 0.29) is 10.6 Å². The van der Waals surface area contributed by atoms with E-state index in [1.165, 1.54) is 23.8 Å². The summed E-state index contributed by atoms with van der Waals surface area (Å²) in [5, 5.41) is 1.99. The number of halogens is 1. The Morgan fingerprint density at radius 2 is 1.80 bits per heavy atom. The molecule has 1 N–H and O–H groups in total. The Morgan fingerprint density at radius 1 is 1.09 bits per heavy atom. The quantitative estimate of drug-likeness (QED) is 0.427. The van der Waals surface area contributed by atoms with Crippen LogP contribution in [0, 0.1) is 19.7 Å². The summed E-state index contributed by atoms with van der Waals surface area (Å²) < 4.78 is 15.4. The maximum atomic E-state index is 13.3. The van der Waals surface area contributed by atoms with E-state index >= 15 is 0 Å². The monoisotopic (exact) mass is 491 g/mol. The number of benzene rings is 2. The van der Waals surface area contributed by atoms with Crippen molar-refractivity contribution in [3.63, 3.8) is 0 Å². The molecule has 0 bridgehead atoms. The molecule has 0 spiro atoms. The second-order valence-electron chi connectivity index (χ2n) is 8.73. The van der Waals surface area contributed by atoms with Crippen LogP contribution in [0.15, 0.2) is 59.5 Å². The number of aromatic nitrogens is 1. The minimum atomic E-state index is -0.581. The maximum absolute atomic E-state index is 13.3. The van der Waals surface area contributed by atoms with Gasteiger partial charge >= 0.3 is 0 Å². The molecule has 2 aromatic carbocycles. The van der Waals surface area contributed by atoms with Crippen LogP contribution in [-0.2, 0) is 9.59 Å². The summed E-state index contributed by atoms with van der Waals surface area (Å²) in [4.78, 5) is 38.9. The highest BCUT2D eigenvalue weighted by Crippen LogP contribution is 2.34. The fourth-order valence-corrected chi connectivity index (χ4v) is 4.86. The second kappa shape index (κ2) is 9.92. The molecular weight excluding hydrogens is 465 g/mol. The van der Waals surface area contributed by atoms with Crippen molar-refractivity contribution in [2.24, 2.45) is 0 Å². The van der Waals surface area contributed by atoms with Crippen LogP contribution in [-0.4, -0.2) is 33.1 Å². The van der Waals surface area contributed by atoms with Gasteiger partial charge in [-0.3, -0.25) is 19.3 Å². The average molecular weight is 492 g/mol. The van der Waals surface area contributed by atoms with E-state index in [9.17, 15) is 18.8 Å². The Labute approximate surface area is 207 Å². The van der Waals surface area contributed by atoms with E-state index in [4.69, 9.17) is 0 Å². The first-order valence-electron chi connectivity index (χ1n) is 11.2. The Balaban J connectivity index is 1.52. The molecule has 0 saturated carbocycles. The highest BCUT2D eigenvalue weighted by molar-refractivity contribution is 8.18. The van der Waals surface area contributed by atoms with Crippen LogP contribution in [0.1, 0.15) is 42.3 Å². The van der Waals surface area contributed by atoms with Crippen LogP contribution < -0.4 is 5.32 Å². The first-order valence-corrected chi connectivity index (χ1v) is 12.1. The van der Waals surface area contributed by atoms with Gasteiger partial charge in [-0.2, -0.15) is 0 Å². The lowest BCUT2D eigenvalue weighted by Crippen LogP contribution is -2.36. The third-order valence-electron chi connectivity index (χ3n) is 5.86. The maximum Gasteiger partial charge on any atom is 0.294 e. The normalized spacial score (nSPS) is 14.9. The number of anilines is 1. The highest BCUT2D eigenvalue weighted by atomic mass is 32.2. The lowest BCUT2D eigenvalue weighted by atomic mass is 10.0. The zero-order valence-corrected chi connectivity index (χ0v) is 20.8. The molecule has 0 atom stereocenters. The van der Waals surface area contributed by atoms with Gasteiger partial charge in [0.1, 0.15) is 12.4 Å². The molecule has 6 nitrogen and oxygen atoms in total. The van der Waals surface area contributed by atoms with Crippen molar-refractivity contribution in [1.82, 2.24) is 9.47 Å². The molecule has 0 unspecified atom stereocenters. The Hall–Kier alpha value is -3.65. The molecule has 1 saturated heterocycles. The van der Waals surface area contributed by atoms with Gasteiger partial charge in [-0.1, -0.05) is 32.0 Å².